The van der Waals surface area contributed by atoms with Gasteiger partial charge in [-0.2, -0.15) is 0 Å². The first-order chi connectivity index (χ1) is 9.22. The van der Waals surface area contributed by atoms with Crippen LogP contribution in [0.5, 0.6) is 0 Å². The van der Waals surface area contributed by atoms with Crippen molar-refractivity contribution in [3.05, 3.63) is 34.9 Å². The van der Waals surface area contributed by atoms with Crippen LogP contribution in [-0.4, -0.2) is 36.5 Å². The fourth-order valence-corrected chi connectivity index (χ4v) is 2.69. The molecule has 2 rings (SSSR count). The molecular formula is C15H21ClN2O. The number of nitrogens with zero attached hydrogens (tertiary/aromatic N) is 1. The summed E-state index contributed by atoms with van der Waals surface area (Å²) < 4.78 is 0. The number of hydrogen-bond acceptors (Lipinski definition) is 2. The molecule has 0 spiro atoms. The number of nitrogens with one attached hydrogen (secondary N) is 1. The van der Waals surface area contributed by atoms with E-state index in [1.165, 1.54) is 0 Å². The summed E-state index contributed by atoms with van der Waals surface area (Å²) in [7, 11) is 0. The second kappa shape index (κ2) is 6.92. The summed E-state index contributed by atoms with van der Waals surface area (Å²) in [4.78, 5) is 14.6. The molecular weight excluding hydrogens is 260 g/mol. The number of carbonyl (C=O) groups excluding carboxylic acids is 1. The molecule has 0 aliphatic carbocycles. The third-order valence-corrected chi connectivity index (χ3v) is 3.82. The van der Waals surface area contributed by atoms with E-state index in [0.717, 1.165) is 44.5 Å². The topological polar surface area (TPSA) is 32.3 Å². The molecule has 0 bridgehead atoms. The lowest BCUT2D eigenvalue weighted by Crippen LogP contribution is -2.46. The third-order valence-electron chi connectivity index (χ3n) is 3.57. The van der Waals surface area contributed by atoms with Crippen LogP contribution < -0.4 is 5.32 Å². The lowest BCUT2D eigenvalue weighted by atomic mass is 10.0. The monoisotopic (exact) mass is 280 g/mol. The minimum absolute atomic E-state index is 0.130. The van der Waals surface area contributed by atoms with Gasteiger partial charge in [0.05, 0.1) is 0 Å². The molecule has 0 unspecified atom stereocenters. The van der Waals surface area contributed by atoms with Crippen molar-refractivity contribution < 1.29 is 4.79 Å². The standard InChI is InChI=1S/C15H21ClN2O/c1-2-11-18(14-7-9-17-10-8-14)15(19)12-3-5-13(16)6-4-12/h3-6,14,17H,2,7-11H2,1H3. The van der Waals surface area contributed by atoms with Gasteiger partial charge in [-0.1, -0.05) is 18.5 Å². The van der Waals surface area contributed by atoms with E-state index >= 15 is 0 Å². The predicted molar refractivity (Wildman–Crippen MR) is 78.7 cm³/mol. The van der Waals surface area contributed by atoms with Crippen molar-refractivity contribution in [3.8, 4) is 0 Å². The molecule has 4 heteroatoms. The van der Waals surface area contributed by atoms with Crippen molar-refractivity contribution in [1.82, 2.24) is 10.2 Å². The molecule has 0 aromatic heterocycles. The van der Waals surface area contributed by atoms with Crippen LogP contribution in [0.15, 0.2) is 24.3 Å². The number of amides is 1. The van der Waals surface area contributed by atoms with E-state index in [0.29, 0.717) is 11.1 Å². The number of carbonyl (C=O) groups is 1. The highest BCUT2D eigenvalue weighted by molar-refractivity contribution is 6.30. The van der Waals surface area contributed by atoms with E-state index in [4.69, 9.17) is 11.6 Å². The average molecular weight is 281 g/mol. The predicted octanol–water partition coefficient (Wildman–Crippen LogP) is 2.94. The lowest BCUT2D eigenvalue weighted by Gasteiger charge is -2.34. The fraction of sp³-hybridized carbons (Fsp3) is 0.533. The van der Waals surface area contributed by atoms with Gasteiger partial charge >= 0.3 is 0 Å². The lowest BCUT2D eigenvalue weighted by molar-refractivity contribution is 0.0642. The van der Waals surface area contributed by atoms with Gasteiger partial charge in [-0.05, 0) is 56.6 Å². The Hall–Kier alpha value is -1.06. The molecule has 1 aromatic rings. The highest BCUT2D eigenvalue weighted by Gasteiger charge is 2.25. The van der Waals surface area contributed by atoms with Gasteiger partial charge in [0, 0.05) is 23.2 Å². The zero-order chi connectivity index (χ0) is 13.7. The summed E-state index contributed by atoms with van der Waals surface area (Å²) in [6.07, 6.45) is 3.07. The van der Waals surface area contributed by atoms with Crippen molar-refractivity contribution in [1.29, 1.82) is 0 Å². The molecule has 0 saturated carbocycles. The summed E-state index contributed by atoms with van der Waals surface area (Å²) in [6, 6.07) is 7.55. The highest BCUT2D eigenvalue weighted by atomic mass is 35.5. The van der Waals surface area contributed by atoms with Crippen molar-refractivity contribution in [2.24, 2.45) is 0 Å². The van der Waals surface area contributed by atoms with E-state index in [9.17, 15) is 4.79 Å². The van der Waals surface area contributed by atoms with E-state index in [2.05, 4.69) is 12.2 Å². The minimum Gasteiger partial charge on any atom is -0.336 e. The molecule has 104 valence electrons. The molecule has 19 heavy (non-hydrogen) atoms. The normalized spacial score (nSPS) is 16.3. The van der Waals surface area contributed by atoms with Crippen LogP contribution in [0.25, 0.3) is 0 Å². The maximum absolute atomic E-state index is 12.6. The first kappa shape index (κ1) is 14.4. The highest BCUT2D eigenvalue weighted by Crippen LogP contribution is 2.17. The van der Waals surface area contributed by atoms with Crippen molar-refractivity contribution >= 4 is 17.5 Å². The van der Waals surface area contributed by atoms with Crippen LogP contribution >= 0.6 is 11.6 Å². The zero-order valence-electron chi connectivity index (χ0n) is 11.4. The third kappa shape index (κ3) is 3.71. The quantitative estimate of drug-likeness (QED) is 0.920. The van der Waals surface area contributed by atoms with Crippen molar-refractivity contribution in [2.45, 2.75) is 32.2 Å². The molecule has 1 N–H and O–H groups in total. The SMILES string of the molecule is CCCN(C(=O)c1ccc(Cl)cc1)C1CCNCC1. The van der Waals surface area contributed by atoms with Gasteiger partial charge in [-0.3, -0.25) is 4.79 Å². The average Bonchev–Trinajstić information content (AvgIpc) is 2.46. The Balaban J connectivity index is 2.13. The van der Waals surface area contributed by atoms with Crippen LogP contribution in [0.2, 0.25) is 5.02 Å². The molecule has 1 amide bonds. The molecule has 1 aromatic carbocycles. The zero-order valence-corrected chi connectivity index (χ0v) is 12.1. The minimum atomic E-state index is 0.130. The second-order valence-corrected chi connectivity index (χ2v) is 5.42. The molecule has 1 aliphatic heterocycles. The van der Waals surface area contributed by atoms with Gasteiger partial charge in [-0.25, -0.2) is 0 Å². The number of halogens is 1. The maximum atomic E-state index is 12.6. The second-order valence-electron chi connectivity index (χ2n) is 4.99. The largest absolute Gasteiger partial charge is 0.336 e. The van der Waals surface area contributed by atoms with Gasteiger partial charge in [0.2, 0.25) is 0 Å². The molecule has 3 nitrogen and oxygen atoms in total. The number of piperidine rings is 1. The van der Waals surface area contributed by atoms with Crippen molar-refractivity contribution in [3.63, 3.8) is 0 Å². The first-order valence-corrected chi connectivity index (χ1v) is 7.37. The maximum Gasteiger partial charge on any atom is 0.254 e. The summed E-state index contributed by atoms with van der Waals surface area (Å²) in [5.41, 5.74) is 0.733. The van der Waals surface area contributed by atoms with Gasteiger partial charge in [0.1, 0.15) is 0 Å². The Bertz CT molecular complexity index is 413. The molecule has 1 heterocycles. The summed E-state index contributed by atoms with van der Waals surface area (Å²) in [6.45, 7) is 4.94. The van der Waals surface area contributed by atoms with E-state index in [-0.39, 0.29) is 5.91 Å². The Morgan fingerprint density at radius 1 is 1.32 bits per heavy atom. The fourth-order valence-electron chi connectivity index (χ4n) is 2.57. The Kier molecular flexibility index (Phi) is 5.23. The van der Waals surface area contributed by atoms with Crippen LogP contribution in [0.1, 0.15) is 36.5 Å². The molecule has 1 saturated heterocycles. The Morgan fingerprint density at radius 3 is 2.53 bits per heavy atom. The summed E-state index contributed by atoms with van der Waals surface area (Å²) in [5, 5.41) is 4.01. The summed E-state index contributed by atoms with van der Waals surface area (Å²) >= 11 is 5.87. The van der Waals surface area contributed by atoms with Crippen molar-refractivity contribution in [2.75, 3.05) is 19.6 Å². The molecule has 1 fully saturated rings. The van der Waals surface area contributed by atoms with Crippen LogP contribution in [0, 0.1) is 0 Å². The van der Waals surface area contributed by atoms with Gasteiger partial charge in [-0.15, -0.1) is 0 Å². The molecule has 0 atom stereocenters. The summed E-state index contributed by atoms with van der Waals surface area (Å²) in [5.74, 6) is 0.130. The van der Waals surface area contributed by atoms with E-state index in [1.54, 1.807) is 12.1 Å². The van der Waals surface area contributed by atoms with Crippen LogP contribution in [-0.2, 0) is 0 Å². The first-order valence-electron chi connectivity index (χ1n) is 6.99. The van der Waals surface area contributed by atoms with Gasteiger partial charge in [0.25, 0.3) is 5.91 Å². The van der Waals surface area contributed by atoms with E-state index < -0.39 is 0 Å². The van der Waals surface area contributed by atoms with E-state index in [1.807, 2.05) is 17.0 Å². The molecule has 1 aliphatic rings. The van der Waals surface area contributed by atoms with Crippen LogP contribution in [0.3, 0.4) is 0 Å². The Labute approximate surface area is 119 Å². The number of benzene rings is 1. The molecule has 0 radical (unpaired) electrons. The van der Waals surface area contributed by atoms with Gasteiger partial charge in [0.15, 0.2) is 0 Å². The van der Waals surface area contributed by atoms with Gasteiger partial charge < -0.3 is 10.2 Å². The number of hydrogen-bond donors (Lipinski definition) is 1. The Morgan fingerprint density at radius 2 is 1.95 bits per heavy atom. The smallest absolute Gasteiger partial charge is 0.254 e. The number of rotatable bonds is 4. The van der Waals surface area contributed by atoms with Crippen LogP contribution in [0.4, 0.5) is 0 Å².